The Balaban J connectivity index is 1.09. The van der Waals surface area contributed by atoms with E-state index in [4.69, 9.17) is 0 Å². The molecule has 1 saturated heterocycles. The fourth-order valence-electron chi connectivity index (χ4n) is 7.58. The summed E-state index contributed by atoms with van der Waals surface area (Å²) in [5.74, 6) is -0.525. The van der Waals surface area contributed by atoms with E-state index in [1.54, 1.807) is 22.1 Å². The van der Waals surface area contributed by atoms with Crippen LogP contribution in [0.4, 0.5) is 11.5 Å². The van der Waals surface area contributed by atoms with E-state index in [0.717, 1.165) is 34.2 Å². The Hall–Kier alpha value is -5.49. The minimum absolute atomic E-state index is 0.0115. The van der Waals surface area contributed by atoms with E-state index in [1.807, 2.05) is 68.6 Å². The van der Waals surface area contributed by atoms with Gasteiger partial charge in [-0.3, -0.25) is 19.2 Å². The molecule has 4 aromatic rings. The van der Waals surface area contributed by atoms with Gasteiger partial charge >= 0.3 is 0 Å². The zero-order valence-electron chi connectivity index (χ0n) is 28.2. The highest BCUT2D eigenvalue weighted by molar-refractivity contribution is 6.01. The maximum Gasteiger partial charge on any atom is 0.272 e. The Morgan fingerprint density at radius 1 is 0.980 bits per heavy atom. The molecule has 0 unspecified atom stereocenters. The van der Waals surface area contributed by atoms with Gasteiger partial charge in [-0.05, 0) is 78.4 Å². The number of hydrogen-bond donors (Lipinski definition) is 3. The molecule has 50 heavy (non-hydrogen) atoms. The maximum atomic E-state index is 14.4. The lowest BCUT2D eigenvalue weighted by molar-refractivity contribution is -0.146. The van der Waals surface area contributed by atoms with Gasteiger partial charge in [-0.1, -0.05) is 43.3 Å². The monoisotopic (exact) mass is 672 g/mol. The lowest BCUT2D eigenvalue weighted by atomic mass is 9.78. The summed E-state index contributed by atoms with van der Waals surface area (Å²) in [5, 5.41) is 9.15. The first kappa shape index (κ1) is 33.0. The van der Waals surface area contributed by atoms with Gasteiger partial charge in [0.25, 0.3) is 5.91 Å². The molecular formula is C38H40N8O4. The highest BCUT2D eigenvalue weighted by Gasteiger charge is 2.44. The van der Waals surface area contributed by atoms with E-state index in [1.165, 1.54) is 12.5 Å². The number of amides is 4. The van der Waals surface area contributed by atoms with Gasteiger partial charge in [-0.25, -0.2) is 15.0 Å². The van der Waals surface area contributed by atoms with Crippen molar-refractivity contribution in [3.05, 3.63) is 113 Å². The Morgan fingerprint density at radius 2 is 1.78 bits per heavy atom. The fourth-order valence-corrected chi connectivity index (χ4v) is 7.58. The average molecular weight is 673 g/mol. The summed E-state index contributed by atoms with van der Waals surface area (Å²) in [7, 11) is 1.87. The molecule has 0 saturated carbocycles. The Kier molecular flexibility index (Phi) is 9.11. The number of carbonyl (C=O) groups excluding carboxylic acids is 4. The summed E-state index contributed by atoms with van der Waals surface area (Å²) in [4.78, 5) is 70.1. The number of benzene rings is 2. The van der Waals surface area contributed by atoms with Gasteiger partial charge < -0.3 is 25.8 Å². The van der Waals surface area contributed by atoms with Gasteiger partial charge in [0.2, 0.25) is 17.7 Å². The third kappa shape index (κ3) is 6.46. The number of piperidine rings is 1. The molecule has 0 spiro atoms. The number of nitrogens with zero attached hydrogens (tertiary/aromatic N) is 5. The van der Waals surface area contributed by atoms with Crippen LogP contribution in [0.15, 0.2) is 79.4 Å². The van der Waals surface area contributed by atoms with E-state index in [0.29, 0.717) is 49.7 Å². The SMILES string of the molecule is CNCc1ccccc1CN(CC(=O)Nc1ccc2c(c1)[C@@H]1C(=O)Nc3ncccc3[C@H]1C2)C(=O)C1(C)CCN(C(=O)c2ccncn2)CC1. The Labute approximate surface area is 290 Å². The predicted molar refractivity (Wildman–Crippen MR) is 187 cm³/mol. The number of anilines is 2. The third-order valence-corrected chi connectivity index (χ3v) is 10.3. The molecule has 1 aliphatic carbocycles. The van der Waals surface area contributed by atoms with E-state index in [9.17, 15) is 19.2 Å². The van der Waals surface area contributed by atoms with Crippen LogP contribution in [0.3, 0.4) is 0 Å². The first-order valence-corrected chi connectivity index (χ1v) is 17.0. The van der Waals surface area contributed by atoms with Crippen molar-refractivity contribution in [1.82, 2.24) is 30.1 Å². The van der Waals surface area contributed by atoms with Gasteiger partial charge in [0.05, 0.1) is 5.92 Å². The molecule has 0 bridgehead atoms. The Bertz CT molecular complexity index is 1940. The third-order valence-electron chi connectivity index (χ3n) is 10.3. The molecule has 4 amide bonds. The van der Waals surface area contributed by atoms with Crippen molar-refractivity contribution in [2.24, 2.45) is 5.41 Å². The van der Waals surface area contributed by atoms with Crippen LogP contribution in [0, 0.1) is 5.41 Å². The van der Waals surface area contributed by atoms with Crippen LogP contribution in [0.2, 0.25) is 0 Å². The smallest absolute Gasteiger partial charge is 0.272 e. The summed E-state index contributed by atoms with van der Waals surface area (Å²) < 4.78 is 0. The zero-order chi connectivity index (χ0) is 34.8. The van der Waals surface area contributed by atoms with Crippen molar-refractivity contribution in [3.8, 4) is 0 Å². The van der Waals surface area contributed by atoms with Crippen LogP contribution in [0.5, 0.6) is 0 Å². The second kappa shape index (κ2) is 13.8. The molecule has 3 N–H and O–H groups in total. The number of fused-ring (bicyclic) bond motifs is 5. The maximum absolute atomic E-state index is 14.4. The molecule has 2 aromatic heterocycles. The molecule has 4 heterocycles. The first-order chi connectivity index (χ1) is 24.2. The number of likely N-dealkylation sites (tertiary alicyclic amines) is 1. The largest absolute Gasteiger partial charge is 0.337 e. The van der Waals surface area contributed by atoms with E-state index in [-0.39, 0.29) is 48.6 Å². The van der Waals surface area contributed by atoms with Crippen LogP contribution in [0.25, 0.3) is 0 Å². The molecule has 0 radical (unpaired) electrons. The minimum Gasteiger partial charge on any atom is -0.337 e. The van der Waals surface area contributed by atoms with Crippen LogP contribution in [-0.4, -0.2) is 75.1 Å². The van der Waals surface area contributed by atoms with Crippen molar-refractivity contribution in [2.75, 3.05) is 37.3 Å². The topological polar surface area (TPSA) is 150 Å². The van der Waals surface area contributed by atoms with Gasteiger partial charge in [0.15, 0.2) is 0 Å². The summed E-state index contributed by atoms with van der Waals surface area (Å²) in [5.41, 5.74) is 5.09. The number of rotatable bonds is 9. The lowest BCUT2D eigenvalue weighted by Crippen LogP contribution is -2.51. The number of hydrogen-bond acceptors (Lipinski definition) is 8. The van der Waals surface area contributed by atoms with Crippen molar-refractivity contribution in [2.45, 2.75) is 51.1 Å². The number of aromatic nitrogens is 3. The molecule has 1 fully saturated rings. The predicted octanol–water partition coefficient (Wildman–Crippen LogP) is 3.88. The molecule has 2 aromatic carbocycles. The number of nitrogens with one attached hydrogen (secondary N) is 3. The van der Waals surface area contributed by atoms with E-state index < -0.39 is 5.41 Å². The van der Waals surface area contributed by atoms with Crippen LogP contribution in [-0.2, 0) is 33.9 Å². The standard InChI is InChI=1S/C38H40N8O4/c1-38(12-16-45(17-13-38)36(49)31-11-15-40-23-42-31)37(50)46(21-26-7-4-3-6-25(26)20-39-2)22-32(47)43-27-10-9-24-18-30-28-8-5-14-41-34(28)44-35(48)33(30)29(24)19-27/h3-11,14-15,19,23,30,33,39H,12-13,16-18,20-22H2,1-2H3,(H,43,47)(H,41,44,48)/t30-,33+/m1/s1. The highest BCUT2D eigenvalue weighted by Crippen LogP contribution is 2.49. The van der Waals surface area contributed by atoms with Crippen LogP contribution in [0.1, 0.15) is 69.9 Å². The fraction of sp³-hybridized carbons (Fsp3) is 0.342. The lowest BCUT2D eigenvalue weighted by Gasteiger charge is -2.41. The molecule has 12 nitrogen and oxygen atoms in total. The van der Waals surface area contributed by atoms with Gasteiger partial charge in [0, 0.05) is 55.6 Å². The average Bonchev–Trinajstić information content (AvgIpc) is 3.52. The van der Waals surface area contributed by atoms with Crippen molar-refractivity contribution in [3.63, 3.8) is 0 Å². The van der Waals surface area contributed by atoms with Crippen molar-refractivity contribution >= 4 is 35.1 Å². The normalized spacial score (nSPS) is 18.7. The zero-order valence-corrected chi connectivity index (χ0v) is 28.2. The molecular weight excluding hydrogens is 632 g/mol. The first-order valence-electron chi connectivity index (χ1n) is 17.0. The molecule has 3 aliphatic rings. The van der Waals surface area contributed by atoms with Crippen molar-refractivity contribution in [1.29, 1.82) is 0 Å². The van der Waals surface area contributed by atoms with E-state index >= 15 is 0 Å². The summed E-state index contributed by atoms with van der Waals surface area (Å²) in [6.45, 7) is 3.43. The molecule has 256 valence electrons. The van der Waals surface area contributed by atoms with Gasteiger partial charge in [0.1, 0.15) is 24.4 Å². The van der Waals surface area contributed by atoms with Crippen LogP contribution >= 0.6 is 0 Å². The van der Waals surface area contributed by atoms with E-state index in [2.05, 4.69) is 30.9 Å². The molecule has 12 heteroatoms. The van der Waals surface area contributed by atoms with Crippen LogP contribution < -0.4 is 16.0 Å². The van der Waals surface area contributed by atoms with Gasteiger partial charge in [-0.15, -0.1) is 0 Å². The van der Waals surface area contributed by atoms with Gasteiger partial charge in [-0.2, -0.15) is 0 Å². The second-order valence-electron chi connectivity index (χ2n) is 13.6. The molecule has 2 atom stereocenters. The minimum atomic E-state index is -0.775. The summed E-state index contributed by atoms with van der Waals surface area (Å²) in [6, 6.07) is 19.1. The summed E-state index contributed by atoms with van der Waals surface area (Å²) in [6.07, 6.45) is 6.18. The highest BCUT2D eigenvalue weighted by atomic mass is 16.2. The number of carbonyl (C=O) groups is 4. The molecule has 7 rings (SSSR count). The Morgan fingerprint density at radius 3 is 2.54 bits per heavy atom. The van der Waals surface area contributed by atoms with Crippen molar-refractivity contribution < 1.29 is 19.2 Å². The second-order valence-corrected chi connectivity index (χ2v) is 13.6. The number of pyridine rings is 1. The quantitative estimate of drug-likeness (QED) is 0.243. The summed E-state index contributed by atoms with van der Waals surface area (Å²) >= 11 is 0. The molecule has 2 aliphatic heterocycles.